The maximum atomic E-state index is 13.7. The first-order valence-electron chi connectivity index (χ1n) is 12.4. The average Bonchev–Trinajstić information content (AvgIpc) is 3.48. The Hall–Kier alpha value is -2.29. The average molecular weight is 453 g/mol. The highest BCUT2D eigenvalue weighted by Gasteiger charge is 2.64. The van der Waals surface area contributed by atoms with Crippen molar-refractivity contribution in [2.24, 2.45) is 0 Å². The van der Waals surface area contributed by atoms with Crippen molar-refractivity contribution in [3.05, 3.63) is 35.4 Å². The molecule has 4 saturated heterocycles. The third kappa shape index (κ3) is 3.33. The number of hydrogen-bond donors (Lipinski definition) is 1. The van der Waals surface area contributed by atoms with Crippen LogP contribution in [0, 0.1) is 0 Å². The molecule has 0 aromatic heterocycles. The number of piperazine rings is 1. The van der Waals surface area contributed by atoms with Crippen LogP contribution >= 0.6 is 0 Å². The van der Waals surface area contributed by atoms with E-state index >= 15 is 0 Å². The maximum absolute atomic E-state index is 13.7. The normalized spacial score (nSPS) is 29.8. The van der Waals surface area contributed by atoms with Crippen molar-refractivity contribution in [1.82, 2.24) is 19.6 Å². The van der Waals surface area contributed by atoms with Gasteiger partial charge >= 0.3 is 0 Å². The second kappa shape index (κ2) is 7.89. The SMILES string of the molecule is O=C1CCCN1CCCN1C(=O)[C@@H]2C[C@@H](O)CN2C2(CN(C3Cc4ccccc4C3)C2)C1=O. The van der Waals surface area contributed by atoms with Crippen molar-refractivity contribution in [2.75, 3.05) is 39.3 Å². The molecule has 4 heterocycles. The summed E-state index contributed by atoms with van der Waals surface area (Å²) in [5.74, 6) is -0.126. The zero-order valence-electron chi connectivity index (χ0n) is 19.0. The molecule has 0 saturated carbocycles. The van der Waals surface area contributed by atoms with Gasteiger partial charge in [0.15, 0.2) is 0 Å². The second-order valence-corrected chi connectivity index (χ2v) is 10.5. The Morgan fingerprint density at radius 2 is 1.76 bits per heavy atom. The lowest BCUT2D eigenvalue weighted by molar-refractivity contribution is -0.182. The van der Waals surface area contributed by atoms with Crippen molar-refractivity contribution in [3.8, 4) is 0 Å². The molecule has 8 heteroatoms. The van der Waals surface area contributed by atoms with E-state index in [4.69, 9.17) is 0 Å². The van der Waals surface area contributed by atoms with Gasteiger partial charge in [0.05, 0.1) is 12.1 Å². The van der Waals surface area contributed by atoms with Gasteiger partial charge in [-0.05, 0) is 43.2 Å². The minimum absolute atomic E-state index is 0.114. The van der Waals surface area contributed by atoms with Crippen molar-refractivity contribution >= 4 is 17.7 Å². The molecule has 0 bridgehead atoms. The number of β-amino-alcohol motifs (C(OH)–C–C–N with tert-alkyl or cyclic N) is 1. The molecule has 176 valence electrons. The van der Waals surface area contributed by atoms with Crippen LogP contribution in [0.15, 0.2) is 24.3 Å². The van der Waals surface area contributed by atoms with Gasteiger partial charge in [-0.2, -0.15) is 0 Å². The molecule has 1 N–H and O–H groups in total. The maximum Gasteiger partial charge on any atom is 0.252 e. The summed E-state index contributed by atoms with van der Waals surface area (Å²) in [7, 11) is 0. The number of imide groups is 1. The molecule has 1 aliphatic carbocycles. The van der Waals surface area contributed by atoms with E-state index in [1.54, 1.807) is 0 Å². The summed E-state index contributed by atoms with van der Waals surface area (Å²) in [4.78, 5) is 46.5. The number of aliphatic hydroxyl groups is 1. The number of carbonyl (C=O) groups is 3. The number of benzene rings is 1. The summed E-state index contributed by atoms with van der Waals surface area (Å²) in [5.41, 5.74) is 2.07. The molecule has 0 radical (unpaired) electrons. The van der Waals surface area contributed by atoms with Crippen LogP contribution in [-0.4, -0.2) is 105 Å². The minimum Gasteiger partial charge on any atom is -0.392 e. The van der Waals surface area contributed by atoms with Crippen molar-refractivity contribution < 1.29 is 19.5 Å². The largest absolute Gasteiger partial charge is 0.392 e. The van der Waals surface area contributed by atoms with E-state index in [1.165, 1.54) is 16.0 Å². The summed E-state index contributed by atoms with van der Waals surface area (Å²) in [6.07, 6.45) is 3.91. The molecule has 1 aromatic carbocycles. The predicted octanol–water partition coefficient (Wildman–Crippen LogP) is 0.0247. The fraction of sp³-hybridized carbons (Fsp3) is 0.640. The van der Waals surface area contributed by atoms with Gasteiger partial charge in [-0.1, -0.05) is 24.3 Å². The standard InChI is InChI=1S/C25H32N4O4/c30-20-13-21-23(32)28(10-4-9-26-8-3-7-22(26)31)24(33)25(29(21)14-20)15-27(16-25)19-11-17-5-1-2-6-18(17)12-19/h1-2,5-6,19-21,30H,3-4,7-16H2/t20-,21+/m1/s1. The highest BCUT2D eigenvalue weighted by atomic mass is 16.3. The molecule has 2 atom stereocenters. The molecule has 4 aliphatic heterocycles. The molecular weight excluding hydrogens is 420 g/mol. The fourth-order valence-corrected chi connectivity index (χ4v) is 6.74. The highest BCUT2D eigenvalue weighted by Crippen LogP contribution is 2.42. The summed E-state index contributed by atoms with van der Waals surface area (Å²) < 4.78 is 0. The van der Waals surface area contributed by atoms with Crippen LogP contribution in [0.1, 0.15) is 36.8 Å². The summed E-state index contributed by atoms with van der Waals surface area (Å²) in [5, 5.41) is 10.4. The number of carbonyl (C=O) groups excluding carboxylic acids is 3. The van der Waals surface area contributed by atoms with Crippen LogP contribution in [-0.2, 0) is 27.2 Å². The van der Waals surface area contributed by atoms with Crippen LogP contribution < -0.4 is 0 Å². The van der Waals surface area contributed by atoms with Crippen molar-refractivity contribution in [2.45, 2.75) is 62.3 Å². The lowest BCUT2D eigenvalue weighted by Gasteiger charge is -2.60. The highest BCUT2D eigenvalue weighted by molar-refractivity contribution is 6.06. The number of amides is 3. The quantitative estimate of drug-likeness (QED) is 0.635. The molecule has 1 aromatic rings. The van der Waals surface area contributed by atoms with E-state index in [9.17, 15) is 19.5 Å². The number of likely N-dealkylation sites (tertiary alicyclic amines) is 2. The van der Waals surface area contributed by atoms with E-state index in [1.807, 2.05) is 9.80 Å². The molecule has 0 unspecified atom stereocenters. The molecular formula is C25H32N4O4. The molecule has 33 heavy (non-hydrogen) atoms. The minimum atomic E-state index is -0.714. The Labute approximate surface area is 194 Å². The summed E-state index contributed by atoms with van der Waals surface area (Å²) in [6, 6.07) is 8.51. The monoisotopic (exact) mass is 452 g/mol. The van der Waals surface area contributed by atoms with Gasteiger partial charge in [0, 0.05) is 51.7 Å². The Balaban J connectivity index is 1.16. The Bertz CT molecular complexity index is 965. The fourth-order valence-electron chi connectivity index (χ4n) is 6.74. The van der Waals surface area contributed by atoms with Crippen LogP contribution in [0.4, 0.5) is 0 Å². The van der Waals surface area contributed by atoms with Gasteiger partial charge in [0.2, 0.25) is 11.8 Å². The third-order valence-electron chi connectivity index (χ3n) is 8.48. The van der Waals surface area contributed by atoms with E-state index in [0.29, 0.717) is 58.0 Å². The number of rotatable bonds is 5. The van der Waals surface area contributed by atoms with Gasteiger partial charge in [-0.25, -0.2) is 0 Å². The molecule has 4 fully saturated rings. The lowest BCUT2D eigenvalue weighted by atomic mass is 9.81. The van der Waals surface area contributed by atoms with Gasteiger partial charge in [-0.15, -0.1) is 0 Å². The van der Waals surface area contributed by atoms with Gasteiger partial charge in [0.1, 0.15) is 5.54 Å². The topological polar surface area (TPSA) is 84.4 Å². The molecule has 3 amide bonds. The van der Waals surface area contributed by atoms with Crippen LogP contribution in [0.25, 0.3) is 0 Å². The first-order chi connectivity index (χ1) is 16.0. The number of fused-ring (bicyclic) bond motifs is 3. The second-order valence-electron chi connectivity index (χ2n) is 10.5. The van der Waals surface area contributed by atoms with Gasteiger partial charge in [0.25, 0.3) is 5.91 Å². The smallest absolute Gasteiger partial charge is 0.252 e. The predicted molar refractivity (Wildman–Crippen MR) is 120 cm³/mol. The molecule has 1 spiro atoms. The van der Waals surface area contributed by atoms with Crippen LogP contribution in [0.5, 0.6) is 0 Å². The third-order valence-corrected chi connectivity index (χ3v) is 8.48. The number of hydrogen-bond acceptors (Lipinski definition) is 6. The van der Waals surface area contributed by atoms with E-state index < -0.39 is 17.7 Å². The first-order valence-corrected chi connectivity index (χ1v) is 12.4. The lowest BCUT2D eigenvalue weighted by Crippen LogP contribution is -2.82. The first kappa shape index (κ1) is 21.3. The Kier molecular flexibility index (Phi) is 5.08. The van der Waals surface area contributed by atoms with Crippen LogP contribution in [0.3, 0.4) is 0 Å². The zero-order chi connectivity index (χ0) is 22.7. The molecule has 5 aliphatic rings. The van der Waals surface area contributed by atoms with Crippen LogP contribution in [0.2, 0.25) is 0 Å². The number of nitrogens with zero attached hydrogens (tertiary/aromatic N) is 4. The van der Waals surface area contributed by atoms with E-state index in [-0.39, 0.29) is 17.7 Å². The molecule has 6 rings (SSSR count). The van der Waals surface area contributed by atoms with E-state index in [2.05, 4.69) is 29.2 Å². The summed E-state index contributed by atoms with van der Waals surface area (Å²) in [6.45, 7) is 3.32. The van der Waals surface area contributed by atoms with Gasteiger partial charge < -0.3 is 10.0 Å². The Morgan fingerprint density at radius 3 is 2.42 bits per heavy atom. The van der Waals surface area contributed by atoms with Crippen molar-refractivity contribution in [3.63, 3.8) is 0 Å². The summed E-state index contributed by atoms with van der Waals surface area (Å²) >= 11 is 0. The van der Waals surface area contributed by atoms with E-state index in [0.717, 1.165) is 25.8 Å². The Morgan fingerprint density at radius 1 is 1.03 bits per heavy atom. The van der Waals surface area contributed by atoms with Gasteiger partial charge in [-0.3, -0.25) is 29.1 Å². The molecule has 8 nitrogen and oxygen atoms in total. The van der Waals surface area contributed by atoms with Crippen molar-refractivity contribution in [1.29, 1.82) is 0 Å². The zero-order valence-corrected chi connectivity index (χ0v) is 19.0. The number of aliphatic hydroxyl groups excluding tert-OH is 1.